The van der Waals surface area contributed by atoms with Crippen LogP contribution in [0.1, 0.15) is 5.69 Å². The van der Waals surface area contributed by atoms with E-state index in [2.05, 4.69) is 10.1 Å². The van der Waals surface area contributed by atoms with Crippen molar-refractivity contribution in [2.24, 2.45) is 7.05 Å². The molecule has 0 amide bonds. The monoisotopic (exact) mass is 252 g/mol. The van der Waals surface area contributed by atoms with E-state index >= 15 is 0 Å². The zero-order chi connectivity index (χ0) is 12.3. The first-order valence-electron chi connectivity index (χ1n) is 4.99. The maximum atomic E-state index is 10.5. The number of aliphatic carboxylic acids is 1. The lowest BCUT2D eigenvalue weighted by molar-refractivity contribution is -0.133. The zero-order valence-electron chi connectivity index (χ0n) is 9.28. The Morgan fingerprint density at radius 1 is 1.53 bits per heavy atom. The van der Waals surface area contributed by atoms with Crippen molar-refractivity contribution < 1.29 is 9.90 Å². The molecular formula is C10H12N4O2S. The third kappa shape index (κ3) is 3.10. The van der Waals surface area contributed by atoms with Gasteiger partial charge in [-0.3, -0.25) is 9.48 Å². The van der Waals surface area contributed by atoms with Gasteiger partial charge in [0.2, 0.25) is 0 Å². The second kappa shape index (κ2) is 5.05. The highest BCUT2D eigenvalue weighted by atomic mass is 32.2. The number of aryl methyl sites for hydroxylation is 1. The molecule has 17 heavy (non-hydrogen) atoms. The maximum absolute atomic E-state index is 10.5. The number of carboxylic acid groups (broad SMARTS) is 1. The first-order chi connectivity index (χ1) is 8.15. The Balaban J connectivity index is 2.06. The lowest BCUT2D eigenvalue weighted by atomic mass is 10.4. The summed E-state index contributed by atoms with van der Waals surface area (Å²) in [7, 11) is 1.86. The molecule has 0 aliphatic carbocycles. The van der Waals surface area contributed by atoms with Crippen molar-refractivity contribution in [3.8, 4) is 0 Å². The van der Waals surface area contributed by atoms with Gasteiger partial charge in [0, 0.05) is 25.6 Å². The summed E-state index contributed by atoms with van der Waals surface area (Å²) in [6, 6.07) is 1.92. The van der Waals surface area contributed by atoms with Crippen LogP contribution < -0.4 is 0 Å². The van der Waals surface area contributed by atoms with Gasteiger partial charge in [0.1, 0.15) is 0 Å². The quantitative estimate of drug-likeness (QED) is 0.798. The highest BCUT2D eigenvalue weighted by Crippen LogP contribution is 2.16. The first-order valence-corrected chi connectivity index (χ1v) is 5.98. The van der Waals surface area contributed by atoms with Gasteiger partial charge in [0.25, 0.3) is 0 Å². The lowest BCUT2D eigenvalue weighted by Crippen LogP contribution is -2.04. The van der Waals surface area contributed by atoms with Gasteiger partial charge in [0.15, 0.2) is 5.16 Å². The van der Waals surface area contributed by atoms with E-state index in [0.717, 1.165) is 5.69 Å². The Kier molecular flexibility index (Phi) is 3.48. The second-order valence-electron chi connectivity index (χ2n) is 3.50. The van der Waals surface area contributed by atoms with Gasteiger partial charge in [-0.05, 0) is 6.07 Å². The van der Waals surface area contributed by atoms with Crippen LogP contribution >= 0.6 is 11.8 Å². The minimum atomic E-state index is -0.845. The molecule has 7 heteroatoms. The molecule has 2 aromatic rings. The molecule has 0 aliphatic rings. The summed E-state index contributed by atoms with van der Waals surface area (Å²) in [6.45, 7) is 0.600. The highest BCUT2D eigenvalue weighted by molar-refractivity contribution is 7.99. The highest BCUT2D eigenvalue weighted by Gasteiger charge is 2.07. The standard InChI is InChI=1S/C10H12N4O2S/c1-13-4-2-8(12-13)6-14-5-3-11-10(14)17-7-9(15)16/h2-5H,6-7H2,1H3,(H,15,16). The van der Waals surface area contributed by atoms with Crippen LogP contribution in [0.5, 0.6) is 0 Å². The van der Waals surface area contributed by atoms with Crippen molar-refractivity contribution in [1.29, 1.82) is 0 Å². The molecule has 6 nitrogen and oxygen atoms in total. The molecule has 2 rings (SSSR count). The Morgan fingerprint density at radius 3 is 3.00 bits per heavy atom. The molecule has 1 N–H and O–H groups in total. The topological polar surface area (TPSA) is 72.9 Å². The average molecular weight is 252 g/mol. The molecule has 0 unspecified atom stereocenters. The van der Waals surface area contributed by atoms with Crippen molar-refractivity contribution in [2.45, 2.75) is 11.7 Å². The summed E-state index contributed by atoms with van der Waals surface area (Å²) in [5.74, 6) is -0.832. The molecule has 0 saturated heterocycles. The SMILES string of the molecule is Cn1ccc(Cn2ccnc2SCC(=O)O)n1. The van der Waals surface area contributed by atoms with Crippen LogP contribution in [-0.4, -0.2) is 36.2 Å². The Labute approximate surface area is 102 Å². The summed E-state index contributed by atoms with van der Waals surface area (Å²) in [6.07, 6.45) is 5.35. The van der Waals surface area contributed by atoms with Crippen molar-refractivity contribution in [2.75, 3.05) is 5.75 Å². The number of thioether (sulfide) groups is 1. The summed E-state index contributed by atoms with van der Waals surface area (Å²) in [5, 5.41) is 13.6. The fourth-order valence-electron chi connectivity index (χ4n) is 1.40. The summed E-state index contributed by atoms with van der Waals surface area (Å²) < 4.78 is 3.62. The molecule has 0 radical (unpaired) electrons. The van der Waals surface area contributed by atoms with E-state index in [9.17, 15) is 4.79 Å². The van der Waals surface area contributed by atoms with Crippen LogP contribution in [-0.2, 0) is 18.4 Å². The number of hydrogen-bond donors (Lipinski definition) is 1. The number of rotatable bonds is 5. The fraction of sp³-hybridized carbons (Fsp3) is 0.300. The molecule has 0 bridgehead atoms. The molecule has 2 aromatic heterocycles. The van der Waals surface area contributed by atoms with Gasteiger partial charge in [-0.15, -0.1) is 0 Å². The molecule has 0 fully saturated rings. The van der Waals surface area contributed by atoms with Crippen molar-refractivity contribution in [1.82, 2.24) is 19.3 Å². The third-order valence-corrected chi connectivity index (χ3v) is 3.09. The van der Waals surface area contributed by atoms with E-state index in [1.807, 2.05) is 30.1 Å². The van der Waals surface area contributed by atoms with E-state index in [0.29, 0.717) is 11.7 Å². The van der Waals surface area contributed by atoms with Crippen LogP contribution in [0.2, 0.25) is 0 Å². The number of carbonyl (C=O) groups is 1. The molecule has 2 heterocycles. The van der Waals surface area contributed by atoms with Gasteiger partial charge < -0.3 is 9.67 Å². The van der Waals surface area contributed by atoms with Crippen molar-refractivity contribution in [3.05, 3.63) is 30.4 Å². The number of hydrogen-bond acceptors (Lipinski definition) is 4. The molecular weight excluding hydrogens is 240 g/mol. The maximum Gasteiger partial charge on any atom is 0.313 e. The van der Waals surface area contributed by atoms with E-state index in [1.54, 1.807) is 10.9 Å². The van der Waals surface area contributed by atoms with Gasteiger partial charge in [-0.25, -0.2) is 4.98 Å². The fourth-order valence-corrected chi connectivity index (χ4v) is 2.08. The van der Waals surface area contributed by atoms with Gasteiger partial charge in [-0.1, -0.05) is 11.8 Å². The third-order valence-electron chi connectivity index (χ3n) is 2.10. The number of imidazole rings is 1. The average Bonchev–Trinajstić information content (AvgIpc) is 2.86. The smallest absolute Gasteiger partial charge is 0.313 e. The minimum absolute atomic E-state index is 0.0131. The van der Waals surface area contributed by atoms with Crippen LogP contribution in [0.15, 0.2) is 29.8 Å². The minimum Gasteiger partial charge on any atom is -0.481 e. The molecule has 0 spiro atoms. The summed E-state index contributed by atoms with van der Waals surface area (Å²) in [4.78, 5) is 14.6. The van der Waals surface area contributed by atoms with E-state index in [4.69, 9.17) is 5.11 Å². The Morgan fingerprint density at radius 2 is 2.35 bits per heavy atom. The van der Waals surface area contributed by atoms with E-state index in [1.165, 1.54) is 11.8 Å². The number of aromatic nitrogens is 4. The van der Waals surface area contributed by atoms with E-state index < -0.39 is 5.97 Å². The molecule has 90 valence electrons. The van der Waals surface area contributed by atoms with Crippen LogP contribution in [0.3, 0.4) is 0 Å². The predicted octanol–water partition coefficient (Wildman–Crippen LogP) is 0.842. The van der Waals surface area contributed by atoms with Crippen LogP contribution in [0.25, 0.3) is 0 Å². The molecule has 0 aliphatic heterocycles. The zero-order valence-corrected chi connectivity index (χ0v) is 10.1. The normalized spacial score (nSPS) is 10.6. The van der Waals surface area contributed by atoms with Crippen LogP contribution in [0, 0.1) is 0 Å². The van der Waals surface area contributed by atoms with E-state index in [-0.39, 0.29) is 5.75 Å². The second-order valence-corrected chi connectivity index (χ2v) is 4.44. The Hall–Kier alpha value is -1.76. The predicted molar refractivity (Wildman–Crippen MR) is 62.9 cm³/mol. The molecule has 0 aromatic carbocycles. The van der Waals surface area contributed by atoms with Gasteiger partial charge >= 0.3 is 5.97 Å². The molecule has 0 saturated carbocycles. The largest absolute Gasteiger partial charge is 0.481 e. The number of nitrogens with zero attached hydrogens (tertiary/aromatic N) is 4. The van der Waals surface area contributed by atoms with Crippen molar-refractivity contribution >= 4 is 17.7 Å². The van der Waals surface area contributed by atoms with Crippen molar-refractivity contribution in [3.63, 3.8) is 0 Å². The summed E-state index contributed by atoms with van der Waals surface area (Å²) >= 11 is 1.21. The molecule has 0 atom stereocenters. The summed E-state index contributed by atoms with van der Waals surface area (Å²) in [5.41, 5.74) is 0.919. The first kappa shape index (κ1) is 11.7. The number of carboxylic acids is 1. The van der Waals surface area contributed by atoms with Crippen LogP contribution in [0.4, 0.5) is 0 Å². The van der Waals surface area contributed by atoms with Gasteiger partial charge in [0.05, 0.1) is 18.0 Å². The Bertz CT molecular complexity index is 520. The van der Waals surface area contributed by atoms with Gasteiger partial charge in [-0.2, -0.15) is 5.10 Å². The lowest BCUT2D eigenvalue weighted by Gasteiger charge is -2.03.